The van der Waals surface area contributed by atoms with Gasteiger partial charge in [-0.25, -0.2) is 10.9 Å². The number of amides is 1. The van der Waals surface area contributed by atoms with Crippen LogP contribution in [0.25, 0.3) is 0 Å². The van der Waals surface area contributed by atoms with Crippen molar-refractivity contribution in [3.8, 4) is 0 Å². The maximum Gasteiger partial charge on any atom is 0.242 e. The number of halogens is 1. The minimum absolute atomic E-state index is 0.0679. The highest BCUT2D eigenvalue weighted by Gasteiger charge is 2.55. The van der Waals surface area contributed by atoms with Gasteiger partial charge in [-0.2, -0.15) is 0 Å². The second kappa shape index (κ2) is 6.79. The predicted molar refractivity (Wildman–Crippen MR) is 98.9 cm³/mol. The van der Waals surface area contributed by atoms with Gasteiger partial charge in [0.25, 0.3) is 0 Å². The first-order valence-electron chi connectivity index (χ1n) is 8.82. The van der Waals surface area contributed by atoms with Gasteiger partial charge in [-0.1, -0.05) is 61.0 Å². The topological polar surface area (TPSA) is 44.4 Å². The van der Waals surface area contributed by atoms with Gasteiger partial charge in [0.05, 0.1) is 12.1 Å². The van der Waals surface area contributed by atoms with Crippen LogP contribution in [-0.2, 0) is 4.79 Å². The molecule has 1 amide bonds. The van der Waals surface area contributed by atoms with Gasteiger partial charge >= 0.3 is 0 Å². The van der Waals surface area contributed by atoms with E-state index in [4.69, 9.17) is 11.6 Å². The minimum Gasteiger partial charge on any atom is -0.334 e. The summed E-state index contributed by atoms with van der Waals surface area (Å²) in [4.78, 5) is 15.0. The molecule has 2 saturated heterocycles. The molecule has 4 unspecified atom stereocenters. The summed E-state index contributed by atoms with van der Waals surface area (Å²) >= 11 is 6.04. The summed E-state index contributed by atoms with van der Waals surface area (Å²) in [6.45, 7) is 2.90. The highest BCUT2D eigenvalue weighted by atomic mass is 35.5. The minimum atomic E-state index is -0.197. The molecule has 5 heteroatoms. The number of fused-ring (bicyclic) bond motifs is 1. The molecule has 2 fully saturated rings. The fourth-order valence-corrected chi connectivity index (χ4v) is 4.32. The SMILES string of the molecule is CCCN1C(=O)C2NNC(c3ccc(Cl)cc3)C2C1c1ccccc1. The van der Waals surface area contributed by atoms with Crippen LogP contribution in [0, 0.1) is 5.92 Å². The Morgan fingerprint density at radius 1 is 0.960 bits per heavy atom. The smallest absolute Gasteiger partial charge is 0.242 e. The van der Waals surface area contributed by atoms with Crippen molar-refractivity contribution in [3.05, 3.63) is 70.7 Å². The van der Waals surface area contributed by atoms with Crippen molar-refractivity contribution in [3.63, 3.8) is 0 Å². The van der Waals surface area contributed by atoms with Crippen molar-refractivity contribution in [2.45, 2.75) is 31.5 Å². The second-order valence-corrected chi connectivity index (χ2v) is 7.20. The van der Waals surface area contributed by atoms with Crippen LogP contribution in [0.2, 0.25) is 5.02 Å². The zero-order valence-electron chi connectivity index (χ0n) is 14.2. The van der Waals surface area contributed by atoms with E-state index in [1.807, 2.05) is 47.4 Å². The van der Waals surface area contributed by atoms with E-state index in [1.54, 1.807) is 0 Å². The Morgan fingerprint density at radius 3 is 2.32 bits per heavy atom. The van der Waals surface area contributed by atoms with Crippen LogP contribution in [-0.4, -0.2) is 23.4 Å². The quantitative estimate of drug-likeness (QED) is 0.882. The molecule has 4 atom stereocenters. The lowest BCUT2D eigenvalue weighted by molar-refractivity contribution is -0.130. The number of hydrogen-bond acceptors (Lipinski definition) is 3. The number of nitrogens with one attached hydrogen (secondary N) is 2. The Hall–Kier alpha value is -1.88. The van der Waals surface area contributed by atoms with Crippen molar-refractivity contribution in [2.24, 2.45) is 5.92 Å². The summed E-state index contributed by atoms with van der Waals surface area (Å²) < 4.78 is 0. The van der Waals surface area contributed by atoms with E-state index in [0.29, 0.717) is 0 Å². The fraction of sp³-hybridized carbons (Fsp3) is 0.350. The van der Waals surface area contributed by atoms with E-state index in [0.717, 1.165) is 23.6 Å². The summed E-state index contributed by atoms with van der Waals surface area (Å²) in [6.07, 6.45) is 0.952. The molecule has 2 heterocycles. The third-order valence-electron chi connectivity index (χ3n) is 5.25. The zero-order valence-corrected chi connectivity index (χ0v) is 14.9. The molecule has 2 aromatic rings. The van der Waals surface area contributed by atoms with Gasteiger partial charge in [0.2, 0.25) is 5.91 Å². The van der Waals surface area contributed by atoms with Gasteiger partial charge in [-0.15, -0.1) is 0 Å². The summed E-state index contributed by atoms with van der Waals surface area (Å²) in [5.41, 5.74) is 8.94. The second-order valence-electron chi connectivity index (χ2n) is 6.76. The highest BCUT2D eigenvalue weighted by Crippen LogP contribution is 2.47. The average molecular weight is 356 g/mol. The third kappa shape index (κ3) is 2.84. The summed E-state index contributed by atoms with van der Waals surface area (Å²) in [7, 11) is 0. The lowest BCUT2D eigenvalue weighted by Crippen LogP contribution is -2.41. The normalized spacial score (nSPS) is 28.4. The van der Waals surface area contributed by atoms with Crippen molar-refractivity contribution in [1.29, 1.82) is 0 Å². The number of nitrogens with zero attached hydrogens (tertiary/aromatic N) is 1. The Bertz CT molecular complexity index is 749. The van der Waals surface area contributed by atoms with Crippen molar-refractivity contribution < 1.29 is 4.79 Å². The maximum absolute atomic E-state index is 13.0. The highest BCUT2D eigenvalue weighted by molar-refractivity contribution is 6.30. The number of rotatable bonds is 4. The Morgan fingerprint density at radius 2 is 1.64 bits per heavy atom. The molecule has 2 aliphatic rings. The van der Waals surface area contributed by atoms with E-state index < -0.39 is 0 Å². The number of carbonyl (C=O) groups is 1. The molecular weight excluding hydrogens is 334 g/mol. The molecule has 0 bridgehead atoms. The first-order valence-corrected chi connectivity index (χ1v) is 9.20. The summed E-state index contributed by atoms with van der Waals surface area (Å²) in [5, 5.41) is 0.723. The molecule has 2 aliphatic heterocycles. The lowest BCUT2D eigenvalue weighted by atomic mass is 9.83. The van der Waals surface area contributed by atoms with E-state index in [2.05, 4.69) is 29.9 Å². The first kappa shape index (κ1) is 16.6. The molecule has 2 N–H and O–H groups in total. The van der Waals surface area contributed by atoms with Crippen molar-refractivity contribution >= 4 is 17.5 Å². The summed E-state index contributed by atoms with van der Waals surface area (Å²) in [5.74, 6) is 0.326. The van der Waals surface area contributed by atoms with Crippen LogP contribution in [0.1, 0.15) is 36.6 Å². The van der Waals surface area contributed by atoms with Crippen LogP contribution < -0.4 is 10.9 Å². The van der Waals surface area contributed by atoms with Gasteiger partial charge in [-0.05, 0) is 29.7 Å². The molecular formula is C20H22ClN3O. The number of hydrazine groups is 1. The Kier molecular flexibility index (Phi) is 4.50. The summed E-state index contributed by atoms with van der Waals surface area (Å²) in [6, 6.07) is 18.2. The van der Waals surface area contributed by atoms with Gasteiger partial charge in [0, 0.05) is 17.5 Å². The Labute approximate surface area is 153 Å². The zero-order chi connectivity index (χ0) is 17.4. The third-order valence-corrected chi connectivity index (χ3v) is 5.50. The monoisotopic (exact) mass is 355 g/mol. The van der Waals surface area contributed by atoms with Gasteiger partial charge in [0.1, 0.15) is 6.04 Å². The number of benzene rings is 2. The van der Waals surface area contributed by atoms with Crippen LogP contribution in [0.15, 0.2) is 54.6 Å². The first-order chi connectivity index (χ1) is 12.2. The van der Waals surface area contributed by atoms with Crippen molar-refractivity contribution in [2.75, 3.05) is 6.54 Å². The van der Waals surface area contributed by atoms with E-state index in [1.165, 1.54) is 5.56 Å². The largest absolute Gasteiger partial charge is 0.334 e. The van der Waals surface area contributed by atoms with Crippen LogP contribution in [0.4, 0.5) is 0 Å². The number of hydrogen-bond donors (Lipinski definition) is 2. The predicted octanol–water partition coefficient (Wildman–Crippen LogP) is 3.47. The van der Waals surface area contributed by atoms with Gasteiger partial charge in [-0.3, -0.25) is 4.79 Å². The van der Waals surface area contributed by atoms with Crippen LogP contribution in [0.5, 0.6) is 0 Å². The molecule has 0 saturated carbocycles. The molecule has 4 nitrogen and oxygen atoms in total. The standard InChI is InChI=1S/C20H22ClN3O/c1-2-12-24-19(14-6-4-3-5-7-14)16-17(22-23-18(16)20(24)25)13-8-10-15(21)11-9-13/h3-11,16-19,22-23H,2,12H2,1H3. The molecule has 0 radical (unpaired) electrons. The number of carbonyl (C=O) groups excluding carboxylic acids is 1. The van der Waals surface area contributed by atoms with Crippen LogP contribution >= 0.6 is 11.6 Å². The van der Waals surface area contributed by atoms with E-state index in [-0.39, 0.29) is 30.0 Å². The molecule has 0 spiro atoms. The van der Waals surface area contributed by atoms with Crippen molar-refractivity contribution in [1.82, 2.24) is 15.8 Å². The molecule has 25 heavy (non-hydrogen) atoms. The Balaban J connectivity index is 1.75. The lowest BCUT2D eigenvalue weighted by Gasteiger charge is -2.31. The maximum atomic E-state index is 13.0. The van der Waals surface area contributed by atoms with E-state index >= 15 is 0 Å². The van der Waals surface area contributed by atoms with E-state index in [9.17, 15) is 4.79 Å². The molecule has 0 aliphatic carbocycles. The molecule has 130 valence electrons. The van der Waals surface area contributed by atoms with Crippen LogP contribution in [0.3, 0.4) is 0 Å². The number of likely N-dealkylation sites (tertiary alicyclic amines) is 1. The fourth-order valence-electron chi connectivity index (χ4n) is 4.20. The van der Waals surface area contributed by atoms with Gasteiger partial charge < -0.3 is 4.90 Å². The average Bonchev–Trinajstić information content (AvgIpc) is 3.17. The van der Waals surface area contributed by atoms with Gasteiger partial charge in [0.15, 0.2) is 0 Å². The molecule has 0 aromatic heterocycles. The molecule has 4 rings (SSSR count). The molecule has 2 aromatic carbocycles.